The average molecular weight is 521 g/mol. The van der Waals surface area contributed by atoms with Gasteiger partial charge in [0.05, 0.1) is 12.2 Å². The topological polar surface area (TPSA) is 91.4 Å². The molecule has 9 nitrogen and oxygen atoms in total. The number of rotatable bonds is 3. The molecule has 4 heterocycles. The Bertz CT molecular complexity index is 1100. The summed E-state index contributed by atoms with van der Waals surface area (Å²) < 4.78 is 45.9. The molecular weight excluding hydrogens is 493 g/mol. The van der Waals surface area contributed by atoms with Gasteiger partial charge in [-0.3, -0.25) is 10.1 Å². The van der Waals surface area contributed by atoms with Crippen molar-refractivity contribution in [1.82, 2.24) is 20.0 Å². The smallest absolute Gasteiger partial charge is 0.438 e. The van der Waals surface area contributed by atoms with Crippen molar-refractivity contribution in [2.45, 2.75) is 25.3 Å². The Hall–Kier alpha value is -3.70. The van der Waals surface area contributed by atoms with Gasteiger partial charge in [0.15, 0.2) is 6.10 Å². The van der Waals surface area contributed by atoms with E-state index in [1.54, 1.807) is 15.9 Å². The van der Waals surface area contributed by atoms with E-state index in [4.69, 9.17) is 4.74 Å². The number of halogens is 3. The largest absolute Gasteiger partial charge is 0.573 e. The number of carbonyl (C=O) groups is 3. The van der Waals surface area contributed by atoms with Gasteiger partial charge in [-0.15, -0.1) is 13.2 Å². The van der Waals surface area contributed by atoms with E-state index in [-0.39, 0.29) is 17.7 Å². The quantitative estimate of drug-likeness (QED) is 0.619. The summed E-state index contributed by atoms with van der Waals surface area (Å²) in [6.45, 7) is 3.16. The molecule has 3 atom stereocenters. The summed E-state index contributed by atoms with van der Waals surface area (Å²) in [7, 11) is 0. The Labute approximate surface area is 211 Å². The van der Waals surface area contributed by atoms with Crippen molar-refractivity contribution in [3.05, 3.63) is 47.7 Å². The molecule has 1 N–H and O–H groups in total. The molecule has 198 valence electrons. The maximum absolute atomic E-state index is 13.1. The molecule has 3 fully saturated rings. The van der Waals surface area contributed by atoms with Crippen molar-refractivity contribution in [2.75, 3.05) is 39.3 Å². The molecule has 0 bridgehead atoms. The predicted octanol–water partition coefficient (Wildman–Crippen LogP) is 3.20. The predicted molar refractivity (Wildman–Crippen MR) is 125 cm³/mol. The fourth-order valence-electron chi connectivity index (χ4n) is 5.36. The Morgan fingerprint density at radius 2 is 1.68 bits per heavy atom. The van der Waals surface area contributed by atoms with Crippen LogP contribution in [0.15, 0.2) is 42.1 Å². The van der Waals surface area contributed by atoms with Gasteiger partial charge in [-0.25, -0.2) is 9.59 Å². The number of alkyl carbamates (subject to hydrolysis) is 1. The molecule has 0 aliphatic carbocycles. The van der Waals surface area contributed by atoms with Crippen LogP contribution in [0.4, 0.5) is 22.8 Å². The highest BCUT2D eigenvalue weighted by Crippen LogP contribution is 2.33. The molecular formula is C25H27F3N4O5. The Morgan fingerprint density at radius 1 is 1.00 bits per heavy atom. The molecule has 4 aliphatic heterocycles. The molecule has 1 aromatic rings. The van der Waals surface area contributed by atoms with Crippen LogP contribution in [0.1, 0.15) is 18.4 Å². The van der Waals surface area contributed by atoms with Crippen LogP contribution in [-0.4, -0.2) is 84.5 Å². The first-order valence-corrected chi connectivity index (χ1v) is 12.2. The van der Waals surface area contributed by atoms with Crippen LogP contribution >= 0.6 is 0 Å². The summed E-state index contributed by atoms with van der Waals surface area (Å²) in [4.78, 5) is 42.6. The van der Waals surface area contributed by atoms with Gasteiger partial charge in [0.2, 0.25) is 5.91 Å². The number of likely N-dealkylation sites (tertiary alicyclic amines) is 2. The van der Waals surface area contributed by atoms with Crippen LogP contribution < -0.4 is 10.1 Å². The number of fused-ring (bicyclic) bond motifs is 2. The lowest BCUT2D eigenvalue weighted by atomic mass is 9.92. The van der Waals surface area contributed by atoms with Crippen molar-refractivity contribution in [1.29, 1.82) is 0 Å². The second-order valence-corrected chi connectivity index (χ2v) is 9.64. The summed E-state index contributed by atoms with van der Waals surface area (Å²) in [5.41, 5.74) is 1.30. The number of ether oxygens (including phenoxy) is 2. The summed E-state index contributed by atoms with van der Waals surface area (Å²) in [6.07, 6.45) is 0.709. The molecule has 12 heteroatoms. The Morgan fingerprint density at radius 3 is 2.32 bits per heavy atom. The highest BCUT2D eigenvalue weighted by molar-refractivity contribution is 5.91. The zero-order valence-electron chi connectivity index (χ0n) is 19.9. The SMILES string of the molecule is O=C1NC2=CCN(C(=O)N3C[C@H]4CCN(C(=O)C=Cc5ccc(OC(F)(F)F)cc5)CC[C@H]4C3)C[C@H]2O1. The molecule has 0 spiro atoms. The van der Waals surface area contributed by atoms with Gasteiger partial charge >= 0.3 is 18.5 Å². The molecule has 0 unspecified atom stereocenters. The maximum atomic E-state index is 13.1. The highest BCUT2D eigenvalue weighted by Gasteiger charge is 2.41. The zero-order valence-corrected chi connectivity index (χ0v) is 19.9. The molecule has 37 heavy (non-hydrogen) atoms. The van der Waals surface area contributed by atoms with Gasteiger partial charge in [0.1, 0.15) is 5.75 Å². The van der Waals surface area contributed by atoms with E-state index < -0.39 is 18.6 Å². The summed E-state index contributed by atoms with van der Waals surface area (Å²) >= 11 is 0. The molecule has 1 aromatic carbocycles. The molecule has 3 saturated heterocycles. The van der Waals surface area contributed by atoms with E-state index in [2.05, 4.69) is 10.1 Å². The van der Waals surface area contributed by atoms with Gasteiger partial charge in [0.25, 0.3) is 0 Å². The molecule has 0 aromatic heterocycles. The van der Waals surface area contributed by atoms with Crippen molar-refractivity contribution < 1.29 is 37.0 Å². The van der Waals surface area contributed by atoms with Gasteiger partial charge in [-0.1, -0.05) is 12.1 Å². The molecule has 0 radical (unpaired) electrons. The van der Waals surface area contributed by atoms with Gasteiger partial charge < -0.3 is 24.2 Å². The second-order valence-electron chi connectivity index (χ2n) is 9.64. The number of amides is 4. The van der Waals surface area contributed by atoms with Gasteiger partial charge in [-0.2, -0.15) is 0 Å². The monoisotopic (exact) mass is 520 g/mol. The highest BCUT2D eigenvalue weighted by atomic mass is 19.4. The lowest BCUT2D eigenvalue weighted by Gasteiger charge is -2.32. The van der Waals surface area contributed by atoms with Crippen LogP contribution in [0.3, 0.4) is 0 Å². The minimum Gasteiger partial charge on any atom is -0.438 e. The number of nitrogens with one attached hydrogen (secondary N) is 1. The molecule has 0 saturated carbocycles. The first-order valence-electron chi connectivity index (χ1n) is 12.2. The van der Waals surface area contributed by atoms with Crippen molar-refractivity contribution in [3.63, 3.8) is 0 Å². The number of benzene rings is 1. The second kappa shape index (κ2) is 9.98. The third kappa shape index (κ3) is 5.83. The minimum atomic E-state index is -4.75. The maximum Gasteiger partial charge on any atom is 0.573 e. The summed E-state index contributed by atoms with van der Waals surface area (Å²) in [5, 5.41) is 2.64. The number of nitrogens with zero attached hydrogens (tertiary/aromatic N) is 3. The lowest BCUT2D eigenvalue weighted by molar-refractivity contribution is -0.274. The first-order chi connectivity index (χ1) is 17.6. The van der Waals surface area contributed by atoms with Crippen LogP contribution in [0, 0.1) is 11.8 Å². The van der Waals surface area contributed by atoms with Gasteiger partial charge in [-0.05, 0) is 54.5 Å². The van der Waals surface area contributed by atoms with E-state index in [9.17, 15) is 27.6 Å². The molecule has 4 aliphatic rings. The molecule has 4 amide bonds. The van der Waals surface area contributed by atoms with Crippen molar-refractivity contribution >= 4 is 24.1 Å². The summed E-state index contributed by atoms with van der Waals surface area (Å²) in [5.74, 6) is 0.129. The fourth-order valence-corrected chi connectivity index (χ4v) is 5.36. The van der Waals surface area contributed by atoms with Crippen molar-refractivity contribution in [3.8, 4) is 5.75 Å². The van der Waals surface area contributed by atoms with E-state index >= 15 is 0 Å². The van der Waals surface area contributed by atoms with Crippen LogP contribution in [0.5, 0.6) is 5.75 Å². The van der Waals surface area contributed by atoms with Crippen molar-refractivity contribution in [2.24, 2.45) is 11.8 Å². The first kappa shape index (κ1) is 25.0. The third-order valence-corrected chi connectivity index (χ3v) is 7.26. The van der Waals surface area contributed by atoms with E-state index in [0.29, 0.717) is 62.4 Å². The van der Waals surface area contributed by atoms with E-state index in [1.165, 1.54) is 30.3 Å². The van der Waals surface area contributed by atoms with E-state index in [1.807, 2.05) is 11.0 Å². The minimum absolute atomic E-state index is 0.0613. The zero-order chi connectivity index (χ0) is 26.2. The third-order valence-electron chi connectivity index (χ3n) is 7.26. The Kier molecular flexibility index (Phi) is 6.74. The van der Waals surface area contributed by atoms with Crippen LogP contribution in [0.25, 0.3) is 6.08 Å². The number of carbonyl (C=O) groups excluding carboxylic acids is 3. The lowest BCUT2D eigenvalue weighted by Crippen LogP contribution is -2.48. The van der Waals surface area contributed by atoms with E-state index in [0.717, 1.165) is 12.8 Å². The normalized spacial score (nSPS) is 25.7. The molecule has 5 rings (SSSR count). The average Bonchev–Trinajstić information content (AvgIpc) is 3.37. The van der Waals surface area contributed by atoms with Gasteiger partial charge in [0, 0.05) is 38.8 Å². The van der Waals surface area contributed by atoms with Crippen LogP contribution in [0.2, 0.25) is 0 Å². The number of urea groups is 1. The fraction of sp³-hybridized carbons (Fsp3) is 0.480. The Balaban J connectivity index is 1.11. The standard InChI is InChI=1S/C25H27F3N4O5/c26-25(27,28)37-19-4-1-16(2-5-19)3-6-22(33)30-10-7-17-13-32(14-18(17)8-11-30)24(35)31-12-9-20-21(15-31)36-23(34)29-20/h1-6,9,17-18,21H,7-8,10-15H2,(H,29,34)/t17-,18+,21-/m1/s1. The van der Waals surface area contributed by atoms with Crippen LogP contribution in [-0.2, 0) is 9.53 Å². The number of hydrogen-bond donors (Lipinski definition) is 1. The number of hydrogen-bond acceptors (Lipinski definition) is 5. The summed E-state index contributed by atoms with van der Waals surface area (Å²) in [6, 6.07) is 5.25. The number of alkyl halides is 3.